The van der Waals surface area contributed by atoms with Gasteiger partial charge in [-0.15, -0.1) is 5.10 Å². The predicted octanol–water partition coefficient (Wildman–Crippen LogP) is 1.56. The van der Waals surface area contributed by atoms with Gasteiger partial charge < -0.3 is 0 Å². The number of hydrogen-bond donors (Lipinski definition) is 0. The van der Waals surface area contributed by atoms with Crippen molar-refractivity contribution >= 4 is 0 Å². The lowest BCUT2D eigenvalue weighted by atomic mass is 9.92. The highest BCUT2D eigenvalue weighted by Crippen LogP contribution is 2.21. The molecule has 2 atom stereocenters. The molecule has 0 N–H and O–H groups in total. The molecule has 1 fully saturated rings. The van der Waals surface area contributed by atoms with Gasteiger partial charge in [-0.25, -0.2) is 4.68 Å². The Morgan fingerprint density at radius 1 is 1.24 bits per heavy atom. The van der Waals surface area contributed by atoms with Crippen molar-refractivity contribution in [1.82, 2.24) is 25.1 Å². The van der Waals surface area contributed by atoms with Gasteiger partial charge in [-0.2, -0.15) is 0 Å². The Hall–Kier alpha value is -0.970. The van der Waals surface area contributed by atoms with Gasteiger partial charge >= 0.3 is 0 Å². The molecular formula is C12H23N5. The molecule has 0 radical (unpaired) electrons. The van der Waals surface area contributed by atoms with Gasteiger partial charge in [-0.05, 0) is 35.1 Å². The van der Waals surface area contributed by atoms with Crippen LogP contribution in [0.4, 0.5) is 0 Å². The number of hydrogen-bond acceptors (Lipinski definition) is 4. The van der Waals surface area contributed by atoms with Gasteiger partial charge in [-0.1, -0.05) is 20.8 Å². The summed E-state index contributed by atoms with van der Waals surface area (Å²) in [4.78, 5) is 2.48. The number of aryl methyl sites for hydroxylation is 1. The zero-order chi connectivity index (χ0) is 12.3. The van der Waals surface area contributed by atoms with Crippen molar-refractivity contribution in [3.8, 4) is 0 Å². The van der Waals surface area contributed by atoms with Gasteiger partial charge in [0, 0.05) is 19.6 Å². The molecule has 0 saturated carbocycles. The molecule has 1 aromatic heterocycles. The molecule has 2 rings (SSSR count). The van der Waals surface area contributed by atoms with E-state index in [0.29, 0.717) is 0 Å². The van der Waals surface area contributed by atoms with Gasteiger partial charge in [0.05, 0.1) is 6.54 Å². The summed E-state index contributed by atoms with van der Waals surface area (Å²) in [5.41, 5.74) is 0. The van der Waals surface area contributed by atoms with Crippen LogP contribution < -0.4 is 0 Å². The normalized spacial score (nSPS) is 26.3. The zero-order valence-electron chi connectivity index (χ0n) is 11.1. The highest BCUT2D eigenvalue weighted by atomic mass is 15.5. The van der Waals surface area contributed by atoms with Crippen LogP contribution in [0, 0.1) is 11.8 Å². The number of aromatic nitrogens is 4. The molecule has 17 heavy (non-hydrogen) atoms. The Balaban J connectivity index is 1.97. The first-order valence-electron chi connectivity index (χ1n) is 6.66. The van der Waals surface area contributed by atoms with Gasteiger partial charge in [0.1, 0.15) is 0 Å². The van der Waals surface area contributed by atoms with Crippen molar-refractivity contribution < 1.29 is 0 Å². The van der Waals surface area contributed by atoms with Crippen molar-refractivity contribution in [3.05, 3.63) is 5.82 Å². The van der Waals surface area contributed by atoms with Crippen LogP contribution in [0.15, 0.2) is 0 Å². The highest BCUT2D eigenvalue weighted by Gasteiger charge is 2.23. The monoisotopic (exact) mass is 237 g/mol. The first-order valence-corrected chi connectivity index (χ1v) is 6.66. The molecule has 0 aliphatic carbocycles. The lowest BCUT2D eigenvalue weighted by molar-refractivity contribution is 0.129. The van der Waals surface area contributed by atoms with E-state index in [0.717, 1.165) is 37.2 Å². The topological polar surface area (TPSA) is 46.8 Å². The predicted molar refractivity (Wildman–Crippen MR) is 66.3 cm³/mol. The van der Waals surface area contributed by atoms with Crippen molar-refractivity contribution in [2.75, 3.05) is 13.1 Å². The molecule has 5 heteroatoms. The summed E-state index contributed by atoms with van der Waals surface area (Å²) < 4.78 is 1.93. The van der Waals surface area contributed by atoms with E-state index in [1.54, 1.807) is 0 Å². The molecule has 0 aromatic carbocycles. The van der Waals surface area contributed by atoms with Gasteiger partial charge in [-0.3, -0.25) is 4.90 Å². The lowest BCUT2D eigenvalue weighted by Crippen LogP contribution is -2.38. The third kappa shape index (κ3) is 3.25. The SMILES string of the molecule is CCCn1nnnc1CN1C[C@H](C)C[C@H](C)C1. The third-order valence-electron chi connectivity index (χ3n) is 3.35. The number of rotatable bonds is 4. The van der Waals surface area contributed by atoms with Gasteiger partial charge in [0.25, 0.3) is 0 Å². The Morgan fingerprint density at radius 3 is 2.59 bits per heavy atom. The molecule has 0 spiro atoms. The summed E-state index contributed by atoms with van der Waals surface area (Å²) in [6, 6.07) is 0. The van der Waals surface area contributed by atoms with Crippen molar-refractivity contribution in [2.45, 2.75) is 46.7 Å². The Labute approximate surface area is 103 Å². The maximum atomic E-state index is 4.14. The van der Waals surface area contributed by atoms with Crippen LogP contribution in [0.25, 0.3) is 0 Å². The average molecular weight is 237 g/mol. The molecule has 1 aromatic rings. The third-order valence-corrected chi connectivity index (χ3v) is 3.35. The van der Waals surface area contributed by atoms with E-state index in [1.807, 2.05) is 4.68 Å². The first kappa shape index (κ1) is 12.5. The second kappa shape index (κ2) is 5.58. The molecule has 1 aliphatic rings. The molecule has 2 heterocycles. The smallest absolute Gasteiger partial charge is 0.165 e. The van der Waals surface area contributed by atoms with E-state index in [4.69, 9.17) is 0 Å². The minimum Gasteiger partial charge on any atom is -0.295 e. The number of likely N-dealkylation sites (tertiary alicyclic amines) is 1. The summed E-state index contributed by atoms with van der Waals surface area (Å²) in [6.07, 6.45) is 2.42. The minimum atomic E-state index is 0.786. The van der Waals surface area contributed by atoms with Crippen molar-refractivity contribution in [1.29, 1.82) is 0 Å². The quantitative estimate of drug-likeness (QED) is 0.797. The Kier molecular flexibility index (Phi) is 4.10. The first-order chi connectivity index (χ1) is 8.19. The van der Waals surface area contributed by atoms with E-state index in [9.17, 15) is 0 Å². The molecule has 0 unspecified atom stereocenters. The van der Waals surface area contributed by atoms with E-state index >= 15 is 0 Å². The fraction of sp³-hybridized carbons (Fsp3) is 0.917. The second-order valence-electron chi connectivity index (χ2n) is 5.46. The molecule has 96 valence electrons. The molecule has 5 nitrogen and oxygen atoms in total. The fourth-order valence-electron chi connectivity index (χ4n) is 2.84. The largest absolute Gasteiger partial charge is 0.295 e. The lowest BCUT2D eigenvalue weighted by Gasteiger charge is -2.34. The van der Waals surface area contributed by atoms with Crippen molar-refractivity contribution in [2.24, 2.45) is 11.8 Å². The standard InChI is InChI=1S/C12H23N5/c1-4-5-17-12(13-14-15-17)9-16-7-10(2)6-11(3)8-16/h10-11H,4-9H2,1-3H3/t10-,11+. The molecule has 0 bridgehead atoms. The maximum Gasteiger partial charge on any atom is 0.165 e. The van der Waals surface area contributed by atoms with Gasteiger partial charge in [0.2, 0.25) is 0 Å². The number of tetrazole rings is 1. The molecule has 1 aliphatic heterocycles. The van der Waals surface area contributed by atoms with Crippen LogP contribution in [0.2, 0.25) is 0 Å². The van der Waals surface area contributed by atoms with Crippen LogP contribution in [-0.2, 0) is 13.1 Å². The van der Waals surface area contributed by atoms with E-state index < -0.39 is 0 Å². The maximum absolute atomic E-state index is 4.14. The summed E-state index contributed by atoms with van der Waals surface area (Å²) >= 11 is 0. The number of piperidine rings is 1. The molecular weight excluding hydrogens is 214 g/mol. The van der Waals surface area contributed by atoms with Crippen LogP contribution in [0.3, 0.4) is 0 Å². The van der Waals surface area contributed by atoms with E-state index in [-0.39, 0.29) is 0 Å². The molecule has 1 saturated heterocycles. The Morgan fingerprint density at radius 2 is 1.94 bits per heavy atom. The van der Waals surface area contributed by atoms with Crippen LogP contribution >= 0.6 is 0 Å². The summed E-state index contributed by atoms with van der Waals surface area (Å²) in [6.45, 7) is 11.0. The van der Waals surface area contributed by atoms with Crippen LogP contribution in [-0.4, -0.2) is 38.2 Å². The minimum absolute atomic E-state index is 0.786. The summed E-state index contributed by atoms with van der Waals surface area (Å²) in [5.74, 6) is 2.58. The van der Waals surface area contributed by atoms with E-state index in [1.165, 1.54) is 19.5 Å². The zero-order valence-corrected chi connectivity index (χ0v) is 11.1. The van der Waals surface area contributed by atoms with Crippen molar-refractivity contribution in [3.63, 3.8) is 0 Å². The Bertz CT molecular complexity index is 338. The fourth-order valence-corrected chi connectivity index (χ4v) is 2.84. The van der Waals surface area contributed by atoms with Gasteiger partial charge in [0.15, 0.2) is 5.82 Å². The van der Waals surface area contributed by atoms with Crippen LogP contribution in [0.5, 0.6) is 0 Å². The van der Waals surface area contributed by atoms with E-state index in [2.05, 4.69) is 41.2 Å². The van der Waals surface area contributed by atoms with Crippen LogP contribution in [0.1, 0.15) is 39.4 Å². The summed E-state index contributed by atoms with van der Waals surface area (Å²) in [5, 5.41) is 12.0. The number of nitrogens with zero attached hydrogens (tertiary/aromatic N) is 5. The summed E-state index contributed by atoms with van der Waals surface area (Å²) in [7, 11) is 0. The average Bonchev–Trinajstić information content (AvgIpc) is 2.65. The molecule has 0 amide bonds. The second-order valence-corrected chi connectivity index (χ2v) is 5.46. The highest BCUT2D eigenvalue weighted by molar-refractivity contribution is 4.84.